The Kier molecular flexibility index (Phi) is 5.29. The summed E-state index contributed by atoms with van der Waals surface area (Å²) in [6.07, 6.45) is -0.869. The summed E-state index contributed by atoms with van der Waals surface area (Å²) in [4.78, 5) is 27.6. The standard InChI is InChI=1S/C24H21NO4/c1-28-24(27)21-16-25(19-14-8-9-15-20(19)29-21)23(26)22(17-10-4-2-5-11-17)18-12-6-3-7-13-18/h2-15,21-22H,16H2,1H3. The number of ether oxygens (including phenoxy) is 2. The molecule has 3 aromatic rings. The molecule has 1 heterocycles. The molecular formula is C24H21NO4. The molecule has 0 bridgehead atoms. The maximum Gasteiger partial charge on any atom is 0.348 e. The minimum atomic E-state index is -0.869. The first kappa shape index (κ1) is 18.7. The number of carbonyl (C=O) groups is 2. The third-order valence-electron chi connectivity index (χ3n) is 5.02. The van der Waals surface area contributed by atoms with E-state index in [2.05, 4.69) is 0 Å². The van der Waals surface area contributed by atoms with Gasteiger partial charge in [-0.25, -0.2) is 4.79 Å². The Morgan fingerprint density at radius 3 is 2.03 bits per heavy atom. The van der Waals surface area contributed by atoms with Crippen LogP contribution in [0.3, 0.4) is 0 Å². The van der Waals surface area contributed by atoms with Crippen LogP contribution in [0.5, 0.6) is 5.75 Å². The van der Waals surface area contributed by atoms with Gasteiger partial charge in [-0.2, -0.15) is 0 Å². The van der Waals surface area contributed by atoms with E-state index in [1.54, 1.807) is 11.0 Å². The number of fused-ring (bicyclic) bond motifs is 1. The zero-order valence-corrected chi connectivity index (χ0v) is 16.0. The Bertz CT molecular complexity index is 964. The molecule has 1 amide bonds. The lowest BCUT2D eigenvalue weighted by atomic mass is 9.89. The Morgan fingerprint density at radius 2 is 1.45 bits per heavy atom. The summed E-state index contributed by atoms with van der Waals surface area (Å²) < 4.78 is 10.6. The minimum Gasteiger partial charge on any atom is -0.475 e. The van der Waals surface area contributed by atoms with E-state index in [1.807, 2.05) is 78.9 Å². The van der Waals surface area contributed by atoms with Gasteiger partial charge in [-0.1, -0.05) is 72.8 Å². The molecule has 0 aliphatic carbocycles. The van der Waals surface area contributed by atoms with Crippen LogP contribution in [0.1, 0.15) is 17.0 Å². The summed E-state index contributed by atoms with van der Waals surface area (Å²) in [7, 11) is 1.31. The summed E-state index contributed by atoms with van der Waals surface area (Å²) in [5.41, 5.74) is 2.43. The zero-order valence-electron chi connectivity index (χ0n) is 16.0. The van der Waals surface area contributed by atoms with Crippen LogP contribution in [-0.4, -0.2) is 31.6 Å². The average molecular weight is 387 g/mol. The Hall–Kier alpha value is -3.60. The van der Waals surface area contributed by atoms with Gasteiger partial charge >= 0.3 is 5.97 Å². The number of rotatable bonds is 4. The largest absolute Gasteiger partial charge is 0.475 e. The van der Waals surface area contributed by atoms with E-state index in [1.165, 1.54) is 7.11 Å². The Labute approximate surface area is 169 Å². The maximum absolute atomic E-state index is 13.8. The SMILES string of the molecule is COC(=O)C1CN(C(=O)C(c2ccccc2)c2ccccc2)c2ccccc2O1. The molecule has 29 heavy (non-hydrogen) atoms. The van der Waals surface area contributed by atoms with Crippen molar-refractivity contribution >= 4 is 17.6 Å². The monoisotopic (exact) mass is 387 g/mol. The van der Waals surface area contributed by atoms with Crippen molar-refractivity contribution < 1.29 is 19.1 Å². The lowest BCUT2D eigenvalue weighted by molar-refractivity contribution is -0.148. The summed E-state index contributed by atoms with van der Waals surface area (Å²) in [5, 5.41) is 0. The molecule has 0 radical (unpaired) electrons. The van der Waals surface area contributed by atoms with Gasteiger partial charge in [0.25, 0.3) is 0 Å². The number of anilines is 1. The smallest absolute Gasteiger partial charge is 0.348 e. The molecule has 1 aliphatic rings. The third kappa shape index (κ3) is 3.72. The van der Waals surface area contributed by atoms with Gasteiger partial charge in [0.2, 0.25) is 12.0 Å². The molecular weight excluding hydrogens is 366 g/mol. The van der Waals surface area contributed by atoms with Crippen LogP contribution in [0, 0.1) is 0 Å². The number of para-hydroxylation sites is 2. The molecule has 1 unspecified atom stereocenters. The molecule has 1 atom stereocenters. The number of methoxy groups -OCH3 is 1. The topological polar surface area (TPSA) is 55.8 Å². The van der Waals surface area contributed by atoms with Crippen molar-refractivity contribution in [1.82, 2.24) is 0 Å². The van der Waals surface area contributed by atoms with Gasteiger partial charge in [0, 0.05) is 0 Å². The first-order valence-corrected chi connectivity index (χ1v) is 9.44. The van der Waals surface area contributed by atoms with Crippen molar-refractivity contribution in [3.05, 3.63) is 96.1 Å². The number of hydrogen-bond donors (Lipinski definition) is 0. The fourth-order valence-corrected chi connectivity index (χ4v) is 3.62. The molecule has 3 aromatic carbocycles. The second kappa shape index (κ2) is 8.19. The van der Waals surface area contributed by atoms with Crippen LogP contribution >= 0.6 is 0 Å². The molecule has 0 fully saturated rings. The van der Waals surface area contributed by atoms with Gasteiger partial charge in [-0.05, 0) is 23.3 Å². The maximum atomic E-state index is 13.8. The van der Waals surface area contributed by atoms with Gasteiger partial charge in [-0.15, -0.1) is 0 Å². The molecule has 4 rings (SSSR count). The van der Waals surface area contributed by atoms with Crippen molar-refractivity contribution in [2.75, 3.05) is 18.6 Å². The van der Waals surface area contributed by atoms with Crippen molar-refractivity contribution in [1.29, 1.82) is 0 Å². The molecule has 5 heteroatoms. The van der Waals surface area contributed by atoms with Crippen molar-refractivity contribution in [2.45, 2.75) is 12.0 Å². The number of carbonyl (C=O) groups excluding carboxylic acids is 2. The van der Waals surface area contributed by atoms with E-state index in [0.29, 0.717) is 11.4 Å². The van der Waals surface area contributed by atoms with Crippen LogP contribution in [0.25, 0.3) is 0 Å². The number of hydrogen-bond acceptors (Lipinski definition) is 4. The number of benzene rings is 3. The number of esters is 1. The average Bonchev–Trinajstić information content (AvgIpc) is 2.79. The van der Waals surface area contributed by atoms with E-state index >= 15 is 0 Å². The second-order valence-corrected chi connectivity index (χ2v) is 6.80. The van der Waals surface area contributed by atoms with E-state index < -0.39 is 18.0 Å². The van der Waals surface area contributed by atoms with Gasteiger partial charge < -0.3 is 14.4 Å². The van der Waals surface area contributed by atoms with E-state index in [9.17, 15) is 9.59 Å². The quantitative estimate of drug-likeness (QED) is 0.639. The molecule has 5 nitrogen and oxygen atoms in total. The predicted octanol–water partition coefficient (Wildman–Crippen LogP) is 3.79. The molecule has 0 aromatic heterocycles. The normalized spacial score (nSPS) is 15.4. The molecule has 0 spiro atoms. The van der Waals surface area contributed by atoms with Gasteiger partial charge in [0.05, 0.1) is 25.3 Å². The Balaban J connectivity index is 1.78. The van der Waals surface area contributed by atoms with Crippen LogP contribution in [0.2, 0.25) is 0 Å². The molecule has 0 N–H and O–H groups in total. The summed E-state index contributed by atoms with van der Waals surface area (Å²) >= 11 is 0. The summed E-state index contributed by atoms with van der Waals surface area (Å²) in [6, 6.07) is 26.5. The zero-order chi connectivity index (χ0) is 20.2. The van der Waals surface area contributed by atoms with Crippen LogP contribution in [-0.2, 0) is 14.3 Å². The highest BCUT2D eigenvalue weighted by Crippen LogP contribution is 2.37. The third-order valence-corrected chi connectivity index (χ3v) is 5.02. The van der Waals surface area contributed by atoms with Gasteiger partial charge in [0.1, 0.15) is 5.75 Å². The second-order valence-electron chi connectivity index (χ2n) is 6.80. The van der Waals surface area contributed by atoms with Gasteiger partial charge in [-0.3, -0.25) is 4.79 Å². The van der Waals surface area contributed by atoms with Crippen molar-refractivity contribution in [3.8, 4) is 5.75 Å². The fourth-order valence-electron chi connectivity index (χ4n) is 3.62. The van der Waals surface area contributed by atoms with Crippen molar-refractivity contribution in [2.24, 2.45) is 0 Å². The highest BCUT2D eigenvalue weighted by atomic mass is 16.6. The van der Waals surface area contributed by atoms with Crippen molar-refractivity contribution in [3.63, 3.8) is 0 Å². The summed E-state index contributed by atoms with van der Waals surface area (Å²) in [6.45, 7) is 0.0959. The van der Waals surface area contributed by atoms with E-state index in [0.717, 1.165) is 11.1 Å². The summed E-state index contributed by atoms with van der Waals surface area (Å²) in [5.74, 6) is -0.635. The highest BCUT2D eigenvalue weighted by Gasteiger charge is 2.37. The molecule has 1 aliphatic heterocycles. The van der Waals surface area contributed by atoms with Crippen LogP contribution in [0.15, 0.2) is 84.9 Å². The molecule has 146 valence electrons. The van der Waals surface area contributed by atoms with Crippen LogP contribution in [0.4, 0.5) is 5.69 Å². The van der Waals surface area contributed by atoms with Gasteiger partial charge in [0.15, 0.2) is 0 Å². The fraction of sp³-hybridized carbons (Fsp3) is 0.167. The lowest BCUT2D eigenvalue weighted by Crippen LogP contribution is -2.49. The highest BCUT2D eigenvalue weighted by molar-refractivity contribution is 6.02. The molecule has 0 saturated heterocycles. The minimum absolute atomic E-state index is 0.0959. The predicted molar refractivity (Wildman–Crippen MR) is 110 cm³/mol. The van der Waals surface area contributed by atoms with E-state index in [4.69, 9.17) is 9.47 Å². The number of nitrogens with zero attached hydrogens (tertiary/aromatic N) is 1. The lowest BCUT2D eigenvalue weighted by Gasteiger charge is -2.35. The molecule has 0 saturated carbocycles. The first-order chi connectivity index (χ1) is 14.2. The first-order valence-electron chi connectivity index (χ1n) is 9.44. The number of amides is 1. The van der Waals surface area contributed by atoms with Crippen LogP contribution < -0.4 is 9.64 Å². The Morgan fingerprint density at radius 1 is 0.897 bits per heavy atom. The van der Waals surface area contributed by atoms with E-state index in [-0.39, 0.29) is 12.5 Å².